The van der Waals surface area contributed by atoms with E-state index in [4.69, 9.17) is 4.52 Å². The number of hydrogen-bond donors (Lipinski definition) is 0. The lowest BCUT2D eigenvalue weighted by molar-refractivity contribution is -0.386. The zero-order valence-corrected chi connectivity index (χ0v) is 14.0. The molecule has 0 saturated carbocycles. The van der Waals surface area contributed by atoms with Gasteiger partial charge in [0.15, 0.2) is 5.69 Å². The molecule has 1 aromatic heterocycles. The summed E-state index contributed by atoms with van der Waals surface area (Å²) < 4.78 is 45.4. The molecule has 1 heterocycles. The van der Waals surface area contributed by atoms with Crippen molar-refractivity contribution in [2.75, 3.05) is 0 Å². The van der Waals surface area contributed by atoms with E-state index in [2.05, 4.69) is 5.16 Å². The van der Waals surface area contributed by atoms with Gasteiger partial charge in [-0.25, -0.2) is 0 Å². The van der Waals surface area contributed by atoms with Crippen LogP contribution in [-0.2, 0) is 0 Å². The number of hydrogen-bond acceptors (Lipinski definition) is 4. The molecule has 5 nitrogen and oxygen atoms in total. The third-order valence-electron chi connectivity index (χ3n) is 3.92. The van der Waals surface area contributed by atoms with Gasteiger partial charge < -0.3 is 4.52 Å². The largest absolute Gasteiger partial charge is 0.417 e. The second kappa shape index (κ2) is 7.06. The first-order valence-electron chi connectivity index (χ1n) is 7.83. The molecule has 0 N–H and O–H groups in total. The van der Waals surface area contributed by atoms with E-state index in [-0.39, 0.29) is 11.3 Å². The van der Waals surface area contributed by atoms with Crippen molar-refractivity contribution in [3.8, 4) is 11.1 Å². The number of halogens is 3. The van der Waals surface area contributed by atoms with E-state index in [1.807, 2.05) is 30.3 Å². The Morgan fingerprint density at radius 1 is 1.07 bits per heavy atom. The normalized spacial score (nSPS) is 12.2. The van der Waals surface area contributed by atoms with Gasteiger partial charge >= 0.3 is 11.9 Å². The maximum atomic E-state index is 13.6. The van der Waals surface area contributed by atoms with Crippen molar-refractivity contribution in [3.05, 3.63) is 81.7 Å². The number of aryl methyl sites for hydroxylation is 1. The highest BCUT2D eigenvalue weighted by molar-refractivity contribution is 5.85. The molecule has 0 aliphatic heterocycles. The molecule has 0 aliphatic carbocycles. The number of alkyl halides is 3. The summed E-state index contributed by atoms with van der Waals surface area (Å²) >= 11 is 0. The highest BCUT2D eigenvalue weighted by Gasteiger charge is 2.36. The Labute approximate surface area is 151 Å². The molecule has 0 aliphatic rings. The molecule has 8 heteroatoms. The molecule has 0 saturated heterocycles. The van der Waals surface area contributed by atoms with Crippen LogP contribution in [0, 0.1) is 17.0 Å². The highest BCUT2D eigenvalue weighted by Crippen LogP contribution is 2.38. The van der Waals surface area contributed by atoms with Crippen molar-refractivity contribution in [2.45, 2.75) is 13.1 Å². The topological polar surface area (TPSA) is 69.2 Å². The summed E-state index contributed by atoms with van der Waals surface area (Å²) in [6.45, 7) is 1.29. The first-order valence-corrected chi connectivity index (χ1v) is 7.83. The predicted molar refractivity (Wildman–Crippen MR) is 93.7 cm³/mol. The zero-order chi connectivity index (χ0) is 19.6. The van der Waals surface area contributed by atoms with Gasteiger partial charge in [-0.15, -0.1) is 0 Å². The fourth-order valence-corrected chi connectivity index (χ4v) is 2.63. The molecule has 0 amide bonds. The van der Waals surface area contributed by atoms with E-state index in [9.17, 15) is 23.3 Å². The Morgan fingerprint density at radius 3 is 2.22 bits per heavy atom. The summed E-state index contributed by atoms with van der Waals surface area (Å²) in [6, 6.07) is 14.9. The first-order chi connectivity index (χ1) is 12.8. The fourth-order valence-electron chi connectivity index (χ4n) is 2.63. The van der Waals surface area contributed by atoms with E-state index in [1.54, 1.807) is 12.1 Å². The third kappa shape index (κ3) is 3.89. The second-order valence-corrected chi connectivity index (χ2v) is 5.74. The molecule has 3 aromatic rings. The molecule has 0 fully saturated rings. The first kappa shape index (κ1) is 18.4. The number of rotatable bonds is 4. The summed E-state index contributed by atoms with van der Waals surface area (Å²) in [7, 11) is 0. The molecular formula is C19H13F3N2O3. The summed E-state index contributed by atoms with van der Waals surface area (Å²) in [5, 5.41) is 14.5. The van der Waals surface area contributed by atoms with E-state index >= 15 is 0 Å². The Kier molecular flexibility index (Phi) is 4.81. The molecule has 0 bridgehead atoms. The SMILES string of the molecule is Cc1noc(C=C(c2ccc(-c3ccccc3)cc2)C(F)(F)F)c1[N+](=O)[O-]. The number of nitro groups is 1. The Morgan fingerprint density at radius 2 is 1.67 bits per heavy atom. The van der Waals surface area contributed by atoms with Crippen LogP contribution < -0.4 is 0 Å². The Hall–Kier alpha value is -3.42. The van der Waals surface area contributed by atoms with Crippen LogP contribution in [0.2, 0.25) is 0 Å². The van der Waals surface area contributed by atoms with Crippen molar-refractivity contribution < 1.29 is 22.6 Å². The highest BCUT2D eigenvalue weighted by atomic mass is 19.4. The van der Waals surface area contributed by atoms with Gasteiger partial charge in [0.2, 0.25) is 5.76 Å². The van der Waals surface area contributed by atoms with Crippen LogP contribution in [0.5, 0.6) is 0 Å². The lowest BCUT2D eigenvalue weighted by Crippen LogP contribution is -2.10. The Bertz CT molecular complexity index is 991. The van der Waals surface area contributed by atoms with Crippen LogP contribution in [0.1, 0.15) is 17.0 Å². The average molecular weight is 374 g/mol. The van der Waals surface area contributed by atoms with Gasteiger partial charge in [0.25, 0.3) is 0 Å². The predicted octanol–water partition coefficient (Wildman–Crippen LogP) is 5.66. The van der Waals surface area contributed by atoms with Crippen LogP contribution in [0.25, 0.3) is 22.8 Å². The number of allylic oxidation sites excluding steroid dienone is 1. The molecule has 0 spiro atoms. The van der Waals surface area contributed by atoms with Gasteiger partial charge in [-0.05, 0) is 23.6 Å². The van der Waals surface area contributed by atoms with Gasteiger partial charge in [-0.2, -0.15) is 13.2 Å². The summed E-state index contributed by atoms with van der Waals surface area (Å²) in [5.74, 6) is -0.544. The van der Waals surface area contributed by atoms with Crippen molar-refractivity contribution in [2.24, 2.45) is 0 Å². The molecule has 0 atom stereocenters. The van der Waals surface area contributed by atoms with Crippen LogP contribution in [0.4, 0.5) is 18.9 Å². The minimum absolute atomic E-state index is 0.0906. The second-order valence-electron chi connectivity index (χ2n) is 5.74. The number of benzene rings is 2. The summed E-state index contributed by atoms with van der Waals surface area (Å²) in [4.78, 5) is 10.3. The summed E-state index contributed by atoms with van der Waals surface area (Å²) in [6.07, 6.45) is -4.13. The van der Waals surface area contributed by atoms with Gasteiger partial charge in [-0.3, -0.25) is 10.1 Å². The van der Waals surface area contributed by atoms with Crippen LogP contribution >= 0.6 is 0 Å². The van der Waals surface area contributed by atoms with Crippen LogP contribution in [0.15, 0.2) is 59.1 Å². The summed E-state index contributed by atoms with van der Waals surface area (Å²) in [5.41, 5.74) is -0.248. The van der Waals surface area contributed by atoms with Crippen molar-refractivity contribution >= 4 is 17.3 Å². The lowest BCUT2D eigenvalue weighted by atomic mass is 9.99. The maximum Gasteiger partial charge on any atom is 0.417 e. The fraction of sp³-hybridized carbons (Fsp3) is 0.105. The molecule has 0 radical (unpaired) electrons. The molecule has 0 unspecified atom stereocenters. The monoisotopic (exact) mass is 374 g/mol. The molecular weight excluding hydrogens is 361 g/mol. The Balaban J connectivity index is 2.06. The van der Waals surface area contributed by atoms with Gasteiger partial charge in [-0.1, -0.05) is 59.8 Å². The number of aromatic nitrogens is 1. The zero-order valence-electron chi connectivity index (χ0n) is 14.0. The van der Waals surface area contributed by atoms with E-state index in [0.717, 1.165) is 11.1 Å². The minimum atomic E-state index is -4.73. The molecule has 27 heavy (non-hydrogen) atoms. The van der Waals surface area contributed by atoms with Crippen molar-refractivity contribution in [1.82, 2.24) is 5.16 Å². The van der Waals surface area contributed by atoms with E-state index < -0.39 is 28.1 Å². The smallest absolute Gasteiger partial charge is 0.349 e. The van der Waals surface area contributed by atoms with Crippen LogP contribution in [-0.4, -0.2) is 16.3 Å². The van der Waals surface area contributed by atoms with Crippen molar-refractivity contribution in [1.29, 1.82) is 0 Å². The molecule has 3 rings (SSSR count). The third-order valence-corrected chi connectivity index (χ3v) is 3.92. The average Bonchev–Trinajstić information content (AvgIpc) is 3.00. The quantitative estimate of drug-likeness (QED) is 0.436. The maximum absolute atomic E-state index is 13.6. The van der Waals surface area contributed by atoms with Crippen molar-refractivity contribution in [3.63, 3.8) is 0 Å². The minimum Gasteiger partial charge on any atom is -0.349 e. The van der Waals surface area contributed by atoms with Crippen LogP contribution in [0.3, 0.4) is 0 Å². The van der Waals surface area contributed by atoms with Gasteiger partial charge in [0.1, 0.15) is 0 Å². The molecule has 2 aromatic carbocycles. The lowest BCUT2D eigenvalue weighted by Gasteiger charge is -2.12. The standard InChI is InChI=1S/C19H13F3N2O3/c1-12-18(24(25)26)17(27-23-12)11-16(19(20,21)22)15-9-7-14(8-10-15)13-5-3-2-4-6-13/h2-11H,1H3. The number of nitrogens with zero attached hydrogens (tertiary/aromatic N) is 2. The molecule has 138 valence electrons. The van der Waals surface area contributed by atoms with Gasteiger partial charge in [0.05, 0.1) is 10.5 Å². The van der Waals surface area contributed by atoms with E-state index in [0.29, 0.717) is 6.08 Å². The van der Waals surface area contributed by atoms with E-state index in [1.165, 1.54) is 19.1 Å². The van der Waals surface area contributed by atoms with Gasteiger partial charge in [0, 0.05) is 6.08 Å².